The maximum Gasteiger partial charge on any atom is 0.267 e. The van der Waals surface area contributed by atoms with E-state index in [0.717, 1.165) is 36.1 Å². The van der Waals surface area contributed by atoms with Crippen LogP contribution in [0.2, 0.25) is 0 Å². The molecule has 0 radical (unpaired) electrons. The molecule has 3 N–H and O–H groups in total. The molecule has 0 aliphatic heterocycles. The number of fused-ring (bicyclic) bond motifs is 1. The molecule has 4 rings (SSSR count). The van der Waals surface area contributed by atoms with E-state index in [1.807, 2.05) is 30.3 Å². The molecule has 1 aromatic heterocycles. The third-order valence-electron chi connectivity index (χ3n) is 5.70. The molecule has 160 valence electrons. The minimum atomic E-state index is -4.05. The van der Waals surface area contributed by atoms with Crippen LogP contribution in [0, 0.1) is 0 Å². The van der Waals surface area contributed by atoms with Gasteiger partial charge in [0.15, 0.2) is 0 Å². The molecule has 0 bridgehead atoms. The summed E-state index contributed by atoms with van der Waals surface area (Å²) in [4.78, 5) is 18.1. The van der Waals surface area contributed by atoms with Crippen LogP contribution in [0.15, 0.2) is 65.6 Å². The van der Waals surface area contributed by atoms with Gasteiger partial charge in [0.25, 0.3) is 15.9 Å². The Bertz CT molecular complexity index is 1240. The summed E-state index contributed by atoms with van der Waals surface area (Å²) >= 11 is 0. The van der Waals surface area contributed by atoms with Gasteiger partial charge in [0.05, 0.1) is 16.2 Å². The molecular weight excluding hydrogens is 410 g/mol. The fourth-order valence-corrected chi connectivity index (χ4v) is 5.01. The fraction of sp³-hybridized carbons (Fsp3) is 0.250. The van der Waals surface area contributed by atoms with Crippen molar-refractivity contribution < 1.29 is 13.2 Å². The quantitative estimate of drug-likeness (QED) is 0.602. The van der Waals surface area contributed by atoms with Crippen molar-refractivity contribution in [2.45, 2.75) is 43.4 Å². The number of anilines is 1. The van der Waals surface area contributed by atoms with E-state index >= 15 is 0 Å². The third-order valence-corrected chi connectivity index (χ3v) is 7.05. The average Bonchev–Trinajstić information content (AvgIpc) is 2.73. The summed E-state index contributed by atoms with van der Waals surface area (Å²) in [6.45, 7) is 4.30. The zero-order valence-electron chi connectivity index (χ0n) is 17.6. The number of sulfonamides is 1. The van der Waals surface area contributed by atoms with Gasteiger partial charge in [-0.15, -0.1) is 0 Å². The van der Waals surface area contributed by atoms with Crippen LogP contribution in [-0.2, 0) is 21.9 Å². The van der Waals surface area contributed by atoms with E-state index in [-0.39, 0.29) is 15.9 Å². The summed E-state index contributed by atoms with van der Waals surface area (Å²) in [5.41, 5.74) is 9.44. The van der Waals surface area contributed by atoms with Crippen LogP contribution in [0.25, 0.3) is 11.3 Å². The van der Waals surface area contributed by atoms with Crippen molar-refractivity contribution in [3.05, 3.63) is 77.5 Å². The number of hydrogen-bond donors (Lipinski definition) is 2. The molecule has 0 spiro atoms. The van der Waals surface area contributed by atoms with Crippen LogP contribution in [0.5, 0.6) is 0 Å². The molecule has 3 aromatic rings. The van der Waals surface area contributed by atoms with Gasteiger partial charge in [-0.3, -0.25) is 9.78 Å². The first-order chi connectivity index (χ1) is 14.7. The summed E-state index contributed by atoms with van der Waals surface area (Å²) in [5, 5.41) is 0. The SMILES string of the molecule is CC1(C)CCCc2cc(C(=O)NS(=O)(=O)c3ccc(N)cc3)c(-c3ccccc3)nc21. The highest BCUT2D eigenvalue weighted by Gasteiger charge is 2.32. The number of nitrogens with two attached hydrogens (primary N) is 1. The lowest BCUT2D eigenvalue weighted by molar-refractivity contribution is 0.0981. The fourth-order valence-electron chi connectivity index (χ4n) is 4.04. The minimum absolute atomic E-state index is 0.0247. The molecule has 0 fully saturated rings. The van der Waals surface area contributed by atoms with Crippen molar-refractivity contribution >= 4 is 21.6 Å². The van der Waals surface area contributed by atoms with Gasteiger partial charge in [0.1, 0.15) is 0 Å². The van der Waals surface area contributed by atoms with Crippen LogP contribution >= 0.6 is 0 Å². The molecule has 1 amide bonds. The number of rotatable bonds is 4. The van der Waals surface area contributed by atoms with Gasteiger partial charge in [-0.2, -0.15) is 0 Å². The van der Waals surface area contributed by atoms with Crippen LogP contribution in [0.3, 0.4) is 0 Å². The lowest BCUT2D eigenvalue weighted by Crippen LogP contribution is -2.32. The number of pyridine rings is 1. The van der Waals surface area contributed by atoms with E-state index < -0.39 is 15.9 Å². The lowest BCUT2D eigenvalue weighted by atomic mass is 9.75. The Morgan fingerprint density at radius 1 is 1.06 bits per heavy atom. The number of benzene rings is 2. The van der Waals surface area contributed by atoms with Crippen molar-refractivity contribution in [1.82, 2.24) is 9.71 Å². The Morgan fingerprint density at radius 2 is 1.74 bits per heavy atom. The number of nitrogens with one attached hydrogen (secondary N) is 1. The maximum atomic E-state index is 13.2. The molecule has 2 aromatic carbocycles. The minimum Gasteiger partial charge on any atom is -0.399 e. The number of aryl methyl sites for hydroxylation is 1. The number of amides is 1. The van der Waals surface area contributed by atoms with Crippen molar-refractivity contribution in [3.63, 3.8) is 0 Å². The second-order valence-corrected chi connectivity index (χ2v) is 10.2. The predicted molar refractivity (Wildman–Crippen MR) is 121 cm³/mol. The van der Waals surface area contributed by atoms with Crippen molar-refractivity contribution in [1.29, 1.82) is 0 Å². The van der Waals surface area contributed by atoms with E-state index in [4.69, 9.17) is 10.7 Å². The van der Waals surface area contributed by atoms with Gasteiger partial charge in [-0.25, -0.2) is 13.1 Å². The standard InChI is InChI=1S/C24H25N3O3S/c1-24(2)14-6-9-17-15-20(21(26-22(17)24)16-7-4-3-5-8-16)23(28)27-31(29,30)19-12-10-18(25)11-13-19/h3-5,7-8,10-13,15H,6,9,14,25H2,1-2H3,(H,27,28). The Hall–Kier alpha value is -3.19. The first-order valence-electron chi connectivity index (χ1n) is 10.2. The highest BCUT2D eigenvalue weighted by atomic mass is 32.2. The molecule has 6 nitrogen and oxygen atoms in total. The van der Waals surface area contributed by atoms with Crippen molar-refractivity contribution in [3.8, 4) is 11.3 Å². The maximum absolute atomic E-state index is 13.2. The van der Waals surface area contributed by atoms with Gasteiger partial charge < -0.3 is 5.73 Å². The van der Waals surface area contributed by atoms with E-state index in [0.29, 0.717) is 11.4 Å². The number of nitrogen functional groups attached to an aromatic ring is 1. The molecule has 31 heavy (non-hydrogen) atoms. The molecule has 7 heteroatoms. The predicted octanol–water partition coefficient (Wildman–Crippen LogP) is 4.06. The summed E-state index contributed by atoms with van der Waals surface area (Å²) in [6.07, 6.45) is 2.82. The van der Waals surface area contributed by atoms with Crippen LogP contribution in [-0.4, -0.2) is 19.3 Å². The number of aromatic nitrogens is 1. The molecule has 0 saturated carbocycles. The topological polar surface area (TPSA) is 102 Å². The van der Waals surface area contributed by atoms with Crippen molar-refractivity contribution in [2.75, 3.05) is 5.73 Å². The lowest BCUT2D eigenvalue weighted by Gasteiger charge is -2.32. The molecule has 0 atom stereocenters. The Balaban J connectivity index is 1.80. The number of hydrogen-bond acceptors (Lipinski definition) is 5. The first-order valence-corrected chi connectivity index (χ1v) is 11.7. The Labute approximate surface area is 182 Å². The number of nitrogens with zero attached hydrogens (tertiary/aromatic N) is 1. The second-order valence-electron chi connectivity index (χ2n) is 8.50. The zero-order chi connectivity index (χ0) is 22.2. The molecular formula is C24H25N3O3S. The normalized spacial score (nSPS) is 15.2. The van der Waals surface area contributed by atoms with Gasteiger partial charge in [0.2, 0.25) is 0 Å². The third kappa shape index (κ3) is 4.18. The molecule has 1 aliphatic carbocycles. The highest BCUT2D eigenvalue weighted by molar-refractivity contribution is 7.90. The average molecular weight is 436 g/mol. The van der Waals surface area contributed by atoms with E-state index in [9.17, 15) is 13.2 Å². The number of carbonyl (C=O) groups excluding carboxylic acids is 1. The second kappa shape index (κ2) is 7.81. The molecule has 1 heterocycles. The Kier molecular flexibility index (Phi) is 5.31. The van der Waals surface area contributed by atoms with Crippen LogP contribution in [0.1, 0.15) is 48.3 Å². The number of carbonyl (C=O) groups is 1. The Morgan fingerprint density at radius 3 is 2.42 bits per heavy atom. The highest BCUT2D eigenvalue weighted by Crippen LogP contribution is 2.38. The molecule has 1 aliphatic rings. The van der Waals surface area contributed by atoms with Gasteiger partial charge in [-0.1, -0.05) is 44.2 Å². The first kappa shape index (κ1) is 21.1. The summed E-state index contributed by atoms with van der Waals surface area (Å²) in [5.74, 6) is -0.700. The van der Waals surface area contributed by atoms with E-state index in [2.05, 4.69) is 18.6 Å². The summed E-state index contributed by atoms with van der Waals surface area (Å²) in [6, 6.07) is 16.9. The zero-order valence-corrected chi connectivity index (χ0v) is 18.4. The van der Waals surface area contributed by atoms with Crippen LogP contribution in [0.4, 0.5) is 5.69 Å². The van der Waals surface area contributed by atoms with Gasteiger partial charge in [-0.05, 0) is 55.2 Å². The molecule has 0 saturated heterocycles. The van der Waals surface area contributed by atoms with Gasteiger partial charge in [0, 0.05) is 22.4 Å². The largest absolute Gasteiger partial charge is 0.399 e. The summed E-state index contributed by atoms with van der Waals surface area (Å²) in [7, 11) is -4.05. The van der Waals surface area contributed by atoms with Crippen molar-refractivity contribution in [2.24, 2.45) is 0 Å². The van der Waals surface area contributed by atoms with E-state index in [1.165, 1.54) is 24.3 Å². The van der Waals surface area contributed by atoms with Crippen LogP contribution < -0.4 is 10.5 Å². The van der Waals surface area contributed by atoms with Gasteiger partial charge >= 0.3 is 0 Å². The van der Waals surface area contributed by atoms with E-state index in [1.54, 1.807) is 6.07 Å². The molecule has 0 unspecified atom stereocenters. The smallest absolute Gasteiger partial charge is 0.267 e. The summed E-state index contributed by atoms with van der Waals surface area (Å²) < 4.78 is 27.7. The monoisotopic (exact) mass is 435 g/mol.